The van der Waals surface area contributed by atoms with Gasteiger partial charge in [0, 0.05) is 24.7 Å². The highest BCUT2D eigenvalue weighted by molar-refractivity contribution is 6.36. The Hall–Kier alpha value is -1.79. The number of nitrogens with zero attached hydrogens (tertiary/aromatic N) is 2. The smallest absolute Gasteiger partial charge is 0.321 e. The molecule has 1 atom stereocenters. The van der Waals surface area contributed by atoms with Crippen molar-refractivity contribution in [3.8, 4) is 5.75 Å². The molecule has 2 aliphatic heterocycles. The molecule has 0 spiro atoms. The summed E-state index contributed by atoms with van der Waals surface area (Å²) in [6, 6.07) is 13.2. The molecule has 0 saturated carbocycles. The van der Waals surface area contributed by atoms with Crippen LogP contribution in [0.25, 0.3) is 0 Å². The largest absolute Gasteiger partial charge is 0.489 e. The van der Waals surface area contributed by atoms with Crippen molar-refractivity contribution in [2.45, 2.75) is 51.2 Å². The molecule has 0 amide bonds. The van der Waals surface area contributed by atoms with Crippen molar-refractivity contribution in [1.29, 1.82) is 0 Å². The molecule has 0 bridgehead atoms. The first-order chi connectivity index (χ1) is 16.4. The molecule has 0 radical (unpaired) electrons. The lowest BCUT2D eigenvalue weighted by Crippen LogP contribution is -2.48. The first-order valence-corrected chi connectivity index (χ1v) is 13.0. The third kappa shape index (κ3) is 6.45. The van der Waals surface area contributed by atoms with E-state index in [9.17, 15) is 9.90 Å². The Kier molecular flexibility index (Phi) is 8.75. The first-order valence-electron chi connectivity index (χ1n) is 12.2. The van der Waals surface area contributed by atoms with Crippen LogP contribution in [-0.2, 0) is 11.2 Å². The molecule has 34 heavy (non-hydrogen) atoms. The van der Waals surface area contributed by atoms with Gasteiger partial charge in [-0.3, -0.25) is 9.69 Å². The summed E-state index contributed by atoms with van der Waals surface area (Å²) in [4.78, 5) is 16.6. The normalized spacial score (nSPS) is 19.7. The van der Waals surface area contributed by atoms with Gasteiger partial charge in [-0.05, 0) is 81.3 Å². The first kappa shape index (κ1) is 25.3. The zero-order valence-corrected chi connectivity index (χ0v) is 21.3. The number of ether oxygens (including phenoxy) is 1. The third-order valence-electron chi connectivity index (χ3n) is 7.28. The van der Waals surface area contributed by atoms with Crippen molar-refractivity contribution >= 4 is 29.2 Å². The minimum absolute atomic E-state index is 0.172. The molecule has 2 aromatic carbocycles. The Labute approximate surface area is 212 Å². The van der Waals surface area contributed by atoms with E-state index in [1.165, 1.54) is 0 Å². The van der Waals surface area contributed by atoms with Crippen molar-refractivity contribution in [1.82, 2.24) is 9.80 Å². The summed E-state index contributed by atoms with van der Waals surface area (Å²) in [6.45, 7) is 6.72. The van der Waals surface area contributed by atoms with E-state index in [1.807, 2.05) is 49.4 Å². The number of carboxylic acids is 1. The summed E-state index contributed by atoms with van der Waals surface area (Å²) in [6.07, 6.45) is 4.80. The van der Waals surface area contributed by atoms with Gasteiger partial charge in [0.1, 0.15) is 17.9 Å². The highest BCUT2D eigenvalue weighted by atomic mass is 35.5. The fourth-order valence-corrected chi connectivity index (χ4v) is 5.55. The molecule has 2 heterocycles. The summed E-state index contributed by atoms with van der Waals surface area (Å²) in [7, 11) is 0. The molecule has 2 saturated heterocycles. The molecule has 5 nitrogen and oxygen atoms in total. The van der Waals surface area contributed by atoms with Crippen molar-refractivity contribution in [2.24, 2.45) is 5.92 Å². The molecule has 1 N–H and O–H groups in total. The predicted molar refractivity (Wildman–Crippen MR) is 137 cm³/mol. The van der Waals surface area contributed by atoms with Crippen LogP contribution in [0.1, 0.15) is 36.8 Å². The monoisotopic (exact) mass is 504 g/mol. The minimum atomic E-state index is -0.722. The molecule has 7 heteroatoms. The standard InChI is InChI=1S/C27H34Cl2N2O3/c1-19-23(28)7-8-25(26(19)29)34-22-11-13-30(14-12-22)18-21-9-15-31(16-10-21)24(27(32)33)17-20-5-3-2-4-6-20/h2-8,21-22,24H,9-18H2,1H3,(H,32,33)/t24-/m0/s1. The molecule has 4 rings (SSSR count). The van der Waals surface area contributed by atoms with Crippen molar-refractivity contribution < 1.29 is 14.6 Å². The van der Waals surface area contributed by atoms with Crippen LogP contribution < -0.4 is 4.74 Å². The van der Waals surface area contributed by atoms with Crippen LogP contribution in [0.4, 0.5) is 0 Å². The van der Waals surface area contributed by atoms with Gasteiger partial charge in [0.05, 0.1) is 5.02 Å². The van der Waals surface area contributed by atoms with E-state index in [4.69, 9.17) is 27.9 Å². The van der Waals surface area contributed by atoms with Crippen LogP contribution in [0.15, 0.2) is 42.5 Å². The van der Waals surface area contributed by atoms with Gasteiger partial charge in [-0.25, -0.2) is 0 Å². The van der Waals surface area contributed by atoms with Crippen molar-refractivity contribution in [3.05, 3.63) is 63.6 Å². The van der Waals surface area contributed by atoms with E-state index < -0.39 is 12.0 Å². The maximum Gasteiger partial charge on any atom is 0.321 e. The molecular weight excluding hydrogens is 471 g/mol. The number of likely N-dealkylation sites (tertiary alicyclic amines) is 2. The topological polar surface area (TPSA) is 53.0 Å². The van der Waals surface area contributed by atoms with E-state index in [0.29, 0.717) is 22.4 Å². The van der Waals surface area contributed by atoms with Crippen LogP contribution in [0.3, 0.4) is 0 Å². The fraction of sp³-hybridized carbons (Fsp3) is 0.519. The Morgan fingerprint density at radius 2 is 1.71 bits per heavy atom. The fourth-order valence-electron chi connectivity index (χ4n) is 5.14. The van der Waals surface area contributed by atoms with E-state index >= 15 is 0 Å². The Balaban J connectivity index is 1.21. The number of benzene rings is 2. The summed E-state index contributed by atoms with van der Waals surface area (Å²) < 4.78 is 6.19. The van der Waals surface area contributed by atoms with Gasteiger partial charge in [0.15, 0.2) is 0 Å². The van der Waals surface area contributed by atoms with Gasteiger partial charge in [-0.2, -0.15) is 0 Å². The van der Waals surface area contributed by atoms with E-state index in [1.54, 1.807) is 0 Å². The maximum atomic E-state index is 11.9. The number of rotatable bonds is 8. The second kappa shape index (κ2) is 11.8. The lowest BCUT2D eigenvalue weighted by molar-refractivity contribution is -0.144. The van der Waals surface area contributed by atoms with E-state index in [0.717, 1.165) is 75.3 Å². The quantitative estimate of drug-likeness (QED) is 0.510. The SMILES string of the molecule is Cc1c(Cl)ccc(OC2CCN(CC3CCN([C@@H](Cc4ccccc4)C(=O)O)CC3)CC2)c1Cl. The summed E-state index contributed by atoms with van der Waals surface area (Å²) in [5.41, 5.74) is 1.94. The molecule has 184 valence electrons. The lowest BCUT2D eigenvalue weighted by Gasteiger charge is -2.39. The summed E-state index contributed by atoms with van der Waals surface area (Å²) in [5, 5.41) is 11.1. The predicted octanol–water partition coefficient (Wildman–Crippen LogP) is 5.55. The Morgan fingerprint density at radius 1 is 1.03 bits per heavy atom. The van der Waals surface area contributed by atoms with Gasteiger partial charge in [-0.1, -0.05) is 53.5 Å². The third-order valence-corrected chi connectivity index (χ3v) is 8.16. The van der Waals surface area contributed by atoms with Crippen molar-refractivity contribution in [3.63, 3.8) is 0 Å². The van der Waals surface area contributed by atoms with Gasteiger partial charge >= 0.3 is 5.97 Å². The number of carbonyl (C=O) groups is 1. The molecule has 2 aliphatic rings. The van der Waals surface area contributed by atoms with Crippen LogP contribution in [0, 0.1) is 12.8 Å². The van der Waals surface area contributed by atoms with E-state index in [-0.39, 0.29) is 6.10 Å². The number of hydrogen-bond acceptors (Lipinski definition) is 4. The average molecular weight is 505 g/mol. The number of halogens is 2. The number of aliphatic carboxylic acids is 1. The molecule has 0 aromatic heterocycles. The lowest BCUT2D eigenvalue weighted by atomic mass is 9.93. The number of piperidine rings is 2. The Bertz CT molecular complexity index is 956. The van der Waals surface area contributed by atoms with Crippen LogP contribution in [0.5, 0.6) is 5.75 Å². The zero-order valence-electron chi connectivity index (χ0n) is 19.8. The number of hydrogen-bond donors (Lipinski definition) is 1. The van der Waals surface area contributed by atoms with Crippen LogP contribution in [0.2, 0.25) is 10.0 Å². The van der Waals surface area contributed by atoms with Crippen LogP contribution >= 0.6 is 23.2 Å². The highest BCUT2D eigenvalue weighted by Crippen LogP contribution is 2.34. The van der Waals surface area contributed by atoms with Gasteiger partial charge in [-0.15, -0.1) is 0 Å². The average Bonchev–Trinajstić information content (AvgIpc) is 2.85. The molecule has 2 fully saturated rings. The second-order valence-corrected chi connectivity index (χ2v) is 10.4. The maximum absolute atomic E-state index is 11.9. The van der Waals surface area contributed by atoms with Gasteiger partial charge < -0.3 is 14.7 Å². The molecule has 2 aromatic rings. The molecular formula is C27H34Cl2N2O3. The molecule has 0 unspecified atom stereocenters. The van der Waals surface area contributed by atoms with E-state index in [2.05, 4.69) is 9.80 Å². The minimum Gasteiger partial charge on any atom is -0.489 e. The van der Waals surface area contributed by atoms with Gasteiger partial charge in [0.25, 0.3) is 0 Å². The van der Waals surface area contributed by atoms with Crippen LogP contribution in [-0.4, -0.2) is 65.7 Å². The van der Waals surface area contributed by atoms with Gasteiger partial charge in [0.2, 0.25) is 0 Å². The Morgan fingerprint density at radius 3 is 2.35 bits per heavy atom. The zero-order chi connectivity index (χ0) is 24.1. The van der Waals surface area contributed by atoms with Crippen molar-refractivity contribution in [2.75, 3.05) is 32.7 Å². The number of carboxylic acid groups (broad SMARTS) is 1. The second-order valence-electron chi connectivity index (χ2n) is 9.63. The summed E-state index contributed by atoms with van der Waals surface area (Å²) >= 11 is 12.6. The summed E-state index contributed by atoms with van der Waals surface area (Å²) in [5.74, 6) is 0.617. The highest BCUT2D eigenvalue weighted by Gasteiger charge is 2.31. The molecule has 0 aliphatic carbocycles.